The van der Waals surface area contributed by atoms with Crippen molar-refractivity contribution in [2.45, 2.75) is 19.3 Å². The zero-order valence-electron chi connectivity index (χ0n) is 20.7. The van der Waals surface area contributed by atoms with Crippen molar-refractivity contribution in [1.82, 2.24) is 4.98 Å². The molecule has 0 N–H and O–H groups in total. The number of rotatable bonds is 11. The maximum absolute atomic E-state index is 14.9. The second kappa shape index (κ2) is 11.8. The molecule has 8 heteroatoms. The van der Waals surface area contributed by atoms with E-state index in [9.17, 15) is 9.18 Å². The Morgan fingerprint density at radius 3 is 2.30 bits per heavy atom. The van der Waals surface area contributed by atoms with Crippen LogP contribution in [0.1, 0.15) is 17.5 Å². The largest absolute Gasteiger partial charge is 0.496 e. The summed E-state index contributed by atoms with van der Waals surface area (Å²) in [6.07, 6.45) is 2.07. The molecule has 0 unspecified atom stereocenters. The number of hydrogen-bond acceptors (Lipinski definition) is 7. The van der Waals surface area contributed by atoms with Crippen LogP contribution in [0.3, 0.4) is 0 Å². The van der Waals surface area contributed by atoms with Gasteiger partial charge in [-0.05, 0) is 29.8 Å². The summed E-state index contributed by atoms with van der Waals surface area (Å²) in [5.41, 5.74) is 1.84. The molecule has 6 nitrogen and oxygen atoms in total. The molecule has 1 heterocycles. The Bertz CT molecular complexity index is 1460. The van der Waals surface area contributed by atoms with E-state index in [0.717, 1.165) is 5.56 Å². The van der Waals surface area contributed by atoms with Gasteiger partial charge in [0.1, 0.15) is 28.8 Å². The fourth-order valence-electron chi connectivity index (χ4n) is 4.02. The number of nitrogens with zero attached hydrogens (tertiary/aromatic N) is 1. The molecule has 37 heavy (non-hydrogen) atoms. The quantitative estimate of drug-likeness (QED) is 0.215. The fraction of sp³-hybridized carbons (Fsp3) is 0.207. The lowest BCUT2D eigenvalue weighted by Crippen LogP contribution is -2.12. The van der Waals surface area contributed by atoms with Gasteiger partial charge in [0.2, 0.25) is 0 Å². The minimum atomic E-state index is -0.463. The third-order valence-corrected chi connectivity index (χ3v) is 6.11. The summed E-state index contributed by atoms with van der Waals surface area (Å²) >= 11 is 5.41. The summed E-state index contributed by atoms with van der Waals surface area (Å²) < 4.78 is 36.9. The number of methoxy groups -OCH3 is 3. The molecule has 0 aliphatic heterocycles. The molecule has 4 rings (SSSR count). The minimum Gasteiger partial charge on any atom is -0.496 e. The first-order chi connectivity index (χ1) is 17.9. The van der Waals surface area contributed by atoms with E-state index in [2.05, 4.69) is 4.98 Å². The van der Waals surface area contributed by atoms with Crippen molar-refractivity contribution in [1.29, 1.82) is 0 Å². The van der Waals surface area contributed by atoms with E-state index < -0.39 is 5.82 Å². The first-order valence-electron chi connectivity index (χ1n) is 11.5. The molecule has 1 aromatic heterocycles. The minimum absolute atomic E-state index is 0.0496. The molecular weight excluding hydrogens is 493 g/mol. The smallest absolute Gasteiger partial charge is 0.162 e. The lowest BCUT2D eigenvalue weighted by Gasteiger charge is -2.13. The number of aromatic nitrogens is 1. The first-order valence-corrected chi connectivity index (χ1v) is 11.9. The third-order valence-electron chi connectivity index (χ3n) is 5.82. The van der Waals surface area contributed by atoms with Gasteiger partial charge in [-0.2, -0.15) is 0 Å². The number of fused-ring (bicyclic) bond motifs is 1. The second-order valence-electron chi connectivity index (χ2n) is 8.31. The van der Waals surface area contributed by atoms with Crippen molar-refractivity contribution in [3.8, 4) is 28.7 Å². The molecule has 0 fully saturated rings. The maximum Gasteiger partial charge on any atom is 0.162 e. The van der Waals surface area contributed by atoms with E-state index in [0.29, 0.717) is 50.1 Å². The lowest BCUT2D eigenvalue weighted by molar-refractivity contribution is -0.117. The van der Waals surface area contributed by atoms with Gasteiger partial charge < -0.3 is 18.9 Å². The van der Waals surface area contributed by atoms with E-state index in [1.54, 1.807) is 57.9 Å². The van der Waals surface area contributed by atoms with Crippen LogP contribution in [-0.2, 0) is 17.6 Å². The van der Waals surface area contributed by atoms with Crippen molar-refractivity contribution < 1.29 is 28.1 Å². The summed E-state index contributed by atoms with van der Waals surface area (Å²) in [5.74, 6) is 2.04. The Morgan fingerprint density at radius 2 is 1.57 bits per heavy atom. The highest BCUT2D eigenvalue weighted by Crippen LogP contribution is 2.37. The van der Waals surface area contributed by atoms with Crippen LogP contribution in [0, 0.1) is 5.82 Å². The number of benzene rings is 3. The second-order valence-corrected chi connectivity index (χ2v) is 8.89. The average molecular weight is 520 g/mol. The molecule has 0 radical (unpaired) electrons. The number of halogens is 1. The van der Waals surface area contributed by atoms with Crippen molar-refractivity contribution in [2.24, 2.45) is 0 Å². The highest BCUT2D eigenvalue weighted by Gasteiger charge is 2.15. The summed E-state index contributed by atoms with van der Waals surface area (Å²) in [5, 5.41) is 0.694. The summed E-state index contributed by atoms with van der Waals surface area (Å²) in [6, 6.07) is 17.2. The Hall–Kier alpha value is -4.04. The van der Waals surface area contributed by atoms with Crippen LogP contribution >= 0.6 is 12.2 Å². The lowest BCUT2D eigenvalue weighted by atomic mass is 10.0. The van der Waals surface area contributed by atoms with Gasteiger partial charge >= 0.3 is 0 Å². The van der Waals surface area contributed by atoms with E-state index >= 15 is 0 Å². The average Bonchev–Trinajstić information content (AvgIpc) is 2.89. The number of hydrogen-bond donors (Lipinski definition) is 0. The monoisotopic (exact) mass is 519 g/mol. The number of Topliss-reactive ketones (excluding diaryl/α,β-unsaturated/α-hetero) is 1. The van der Waals surface area contributed by atoms with E-state index in [-0.39, 0.29) is 25.0 Å². The Labute approximate surface area is 220 Å². The van der Waals surface area contributed by atoms with Crippen LogP contribution in [0.25, 0.3) is 10.9 Å². The van der Waals surface area contributed by atoms with Gasteiger partial charge in [-0.15, -0.1) is 0 Å². The van der Waals surface area contributed by atoms with Crippen LogP contribution in [0.2, 0.25) is 0 Å². The Balaban J connectivity index is 1.44. The van der Waals surface area contributed by atoms with Crippen LogP contribution in [0.15, 0.2) is 66.9 Å². The summed E-state index contributed by atoms with van der Waals surface area (Å²) in [4.78, 5) is 17.4. The molecular formula is C29H26FNO5S. The molecule has 0 bridgehead atoms. The number of carbonyl (C=O) groups excluding carboxylic acids is 1. The molecule has 0 atom stereocenters. The molecule has 0 saturated heterocycles. The standard InChI is InChI=1S/C29H26FNO5S/c1-33-26-7-5-4-6-19(26)12-20(32)14-22(37)13-18-8-9-21(15-24(18)30)36-27-10-11-31-25-17-29(35-3)28(34-2)16-23(25)27/h4-11,15-17H,12-14H2,1-3H3. The van der Waals surface area contributed by atoms with Crippen molar-refractivity contribution >= 4 is 33.8 Å². The number of carbonyl (C=O) groups is 1. The van der Waals surface area contributed by atoms with Crippen LogP contribution < -0.4 is 18.9 Å². The van der Waals surface area contributed by atoms with Gasteiger partial charge in [0.05, 0.1) is 26.8 Å². The van der Waals surface area contributed by atoms with E-state index in [1.165, 1.54) is 6.07 Å². The summed E-state index contributed by atoms with van der Waals surface area (Å²) in [6.45, 7) is 0. The SMILES string of the molecule is COc1ccccc1CC(=O)CC(=S)Cc1ccc(Oc2ccnc3cc(OC)c(OC)cc23)cc1F. The molecule has 4 aromatic rings. The van der Waals surface area contributed by atoms with Gasteiger partial charge in [0, 0.05) is 53.4 Å². The predicted molar refractivity (Wildman–Crippen MR) is 144 cm³/mol. The molecule has 0 aliphatic rings. The first kappa shape index (κ1) is 26.0. The van der Waals surface area contributed by atoms with Crippen molar-refractivity contribution in [2.75, 3.05) is 21.3 Å². The Morgan fingerprint density at radius 1 is 0.838 bits per heavy atom. The highest BCUT2D eigenvalue weighted by molar-refractivity contribution is 7.80. The van der Waals surface area contributed by atoms with Gasteiger partial charge in [0.25, 0.3) is 0 Å². The summed E-state index contributed by atoms with van der Waals surface area (Å²) in [7, 11) is 4.66. The van der Waals surface area contributed by atoms with Gasteiger partial charge in [-0.3, -0.25) is 9.78 Å². The maximum atomic E-state index is 14.9. The van der Waals surface area contributed by atoms with Crippen molar-refractivity contribution in [3.63, 3.8) is 0 Å². The number of para-hydroxylation sites is 1. The number of ether oxygens (including phenoxy) is 4. The van der Waals surface area contributed by atoms with Crippen molar-refractivity contribution in [3.05, 3.63) is 83.8 Å². The molecule has 0 aliphatic carbocycles. The number of pyridine rings is 1. The number of ketones is 1. The van der Waals surface area contributed by atoms with Gasteiger partial charge in [0.15, 0.2) is 11.5 Å². The molecule has 3 aromatic carbocycles. The predicted octanol–water partition coefficient (Wildman–Crippen LogP) is 6.31. The molecule has 0 spiro atoms. The van der Waals surface area contributed by atoms with Gasteiger partial charge in [-0.1, -0.05) is 36.5 Å². The fourth-order valence-corrected chi connectivity index (χ4v) is 4.33. The normalized spacial score (nSPS) is 10.7. The number of thiocarbonyl (C=S) groups is 1. The zero-order valence-corrected chi connectivity index (χ0v) is 21.6. The Kier molecular flexibility index (Phi) is 8.30. The van der Waals surface area contributed by atoms with Crippen LogP contribution in [-0.4, -0.2) is 37.0 Å². The van der Waals surface area contributed by atoms with E-state index in [1.807, 2.05) is 24.3 Å². The molecule has 0 saturated carbocycles. The van der Waals surface area contributed by atoms with Crippen LogP contribution in [0.5, 0.6) is 28.7 Å². The van der Waals surface area contributed by atoms with Gasteiger partial charge in [-0.25, -0.2) is 4.39 Å². The highest BCUT2D eigenvalue weighted by atomic mass is 32.1. The molecule has 0 amide bonds. The topological polar surface area (TPSA) is 66.9 Å². The zero-order chi connectivity index (χ0) is 26.4. The molecule has 190 valence electrons. The van der Waals surface area contributed by atoms with E-state index in [4.69, 9.17) is 31.2 Å². The van der Waals surface area contributed by atoms with Crippen LogP contribution in [0.4, 0.5) is 4.39 Å². The third kappa shape index (κ3) is 6.21.